The lowest BCUT2D eigenvalue weighted by molar-refractivity contribution is -0.118. The molecule has 2 aromatic heterocycles. The Hall–Kier alpha value is -2.94. The molecule has 0 aliphatic heterocycles. The molecule has 0 aliphatic carbocycles. The number of nitrogens with two attached hydrogens (primary N) is 1. The van der Waals surface area contributed by atoms with E-state index in [4.69, 9.17) is 15.0 Å². The predicted octanol–water partition coefficient (Wildman–Crippen LogP) is 1.98. The zero-order chi connectivity index (χ0) is 18.5. The minimum atomic E-state index is -0.116. The van der Waals surface area contributed by atoms with Crippen LogP contribution in [-0.4, -0.2) is 33.6 Å². The summed E-state index contributed by atoms with van der Waals surface area (Å²) in [6.45, 7) is 2.27. The molecule has 9 heteroatoms. The molecule has 1 amide bonds. The van der Waals surface area contributed by atoms with Crippen LogP contribution < -0.4 is 15.9 Å². The lowest BCUT2D eigenvalue weighted by atomic mass is 10.2. The molecular weight excluding hydrogens is 354 g/mol. The molecule has 136 valence electrons. The Bertz CT molecular complexity index is 888. The number of carbonyl (C=O) groups is 1. The van der Waals surface area contributed by atoms with Gasteiger partial charge >= 0.3 is 0 Å². The standard InChI is InChI=1S/C17H19N5O3S/c1-11-14(7-8-25-11)16-20-21-17(22(16)18)26-10-15(23)19-9-12-3-5-13(24-2)6-4-12/h3-8H,9-10,18H2,1-2H3,(H,19,23). The zero-order valence-corrected chi connectivity index (χ0v) is 15.2. The molecule has 3 aromatic rings. The summed E-state index contributed by atoms with van der Waals surface area (Å²) >= 11 is 1.22. The smallest absolute Gasteiger partial charge is 0.230 e. The van der Waals surface area contributed by atoms with Crippen molar-refractivity contribution in [3.05, 3.63) is 47.9 Å². The van der Waals surface area contributed by atoms with Crippen molar-refractivity contribution in [1.29, 1.82) is 0 Å². The SMILES string of the molecule is COc1ccc(CNC(=O)CSc2nnc(-c3ccoc3C)n2N)cc1. The molecule has 1 aromatic carbocycles. The van der Waals surface area contributed by atoms with E-state index in [2.05, 4.69) is 15.5 Å². The average molecular weight is 373 g/mol. The second-order valence-electron chi connectivity index (χ2n) is 5.48. The number of rotatable bonds is 7. The van der Waals surface area contributed by atoms with Gasteiger partial charge in [-0.15, -0.1) is 10.2 Å². The number of nitrogens with zero attached hydrogens (tertiary/aromatic N) is 3. The first-order chi connectivity index (χ1) is 12.6. The number of nitrogens with one attached hydrogen (secondary N) is 1. The van der Waals surface area contributed by atoms with Crippen LogP contribution in [0.15, 0.2) is 46.2 Å². The number of thioether (sulfide) groups is 1. The van der Waals surface area contributed by atoms with Crippen molar-refractivity contribution in [3.63, 3.8) is 0 Å². The normalized spacial score (nSPS) is 10.7. The lowest BCUT2D eigenvalue weighted by Gasteiger charge is -2.06. The van der Waals surface area contributed by atoms with E-state index >= 15 is 0 Å². The number of nitrogen functional groups attached to an aromatic ring is 1. The minimum absolute atomic E-state index is 0.116. The number of ether oxygens (including phenoxy) is 1. The fourth-order valence-corrected chi connectivity index (χ4v) is 2.99. The van der Waals surface area contributed by atoms with Gasteiger partial charge in [-0.05, 0) is 30.7 Å². The van der Waals surface area contributed by atoms with Crippen LogP contribution in [0, 0.1) is 6.92 Å². The van der Waals surface area contributed by atoms with E-state index in [1.807, 2.05) is 31.2 Å². The maximum absolute atomic E-state index is 12.0. The number of carbonyl (C=O) groups excluding carboxylic acids is 1. The van der Waals surface area contributed by atoms with Gasteiger partial charge in [0.1, 0.15) is 11.5 Å². The van der Waals surface area contributed by atoms with E-state index in [9.17, 15) is 4.79 Å². The van der Waals surface area contributed by atoms with Gasteiger partial charge in [-0.1, -0.05) is 23.9 Å². The molecular formula is C17H19N5O3S. The zero-order valence-electron chi connectivity index (χ0n) is 14.4. The van der Waals surface area contributed by atoms with Gasteiger partial charge in [-0.2, -0.15) is 0 Å². The van der Waals surface area contributed by atoms with Gasteiger partial charge in [-0.3, -0.25) is 4.79 Å². The first-order valence-corrected chi connectivity index (χ1v) is 8.84. The summed E-state index contributed by atoms with van der Waals surface area (Å²) in [7, 11) is 1.61. The predicted molar refractivity (Wildman–Crippen MR) is 98.2 cm³/mol. The number of hydrogen-bond donors (Lipinski definition) is 2. The van der Waals surface area contributed by atoms with Crippen LogP contribution in [0.1, 0.15) is 11.3 Å². The third-order valence-electron chi connectivity index (χ3n) is 3.75. The summed E-state index contributed by atoms with van der Waals surface area (Å²) in [5, 5.41) is 11.4. The van der Waals surface area contributed by atoms with Crippen LogP contribution in [0.5, 0.6) is 5.75 Å². The van der Waals surface area contributed by atoms with Crippen molar-refractivity contribution in [2.24, 2.45) is 0 Å². The van der Waals surface area contributed by atoms with E-state index in [-0.39, 0.29) is 11.7 Å². The summed E-state index contributed by atoms with van der Waals surface area (Å²) in [5.74, 6) is 8.09. The number of furan rings is 1. The van der Waals surface area contributed by atoms with Crippen LogP contribution >= 0.6 is 11.8 Å². The highest BCUT2D eigenvalue weighted by molar-refractivity contribution is 7.99. The molecule has 0 fully saturated rings. The van der Waals surface area contributed by atoms with E-state index in [0.717, 1.165) is 16.9 Å². The van der Waals surface area contributed by atoms with Crippen LogP contribution in [0.2, 0.25) is 0 Å². The van der Waals surface area contributed by atoms with Crippen LogP contribution in [-0.2, 0) is 11.3 Å². The Morgan fingerprint density at radius 3 is 2.73 bits per heavy atom. The number of amides is 1. The van der Waals surface area contributed by atoms with Crippen molar-refractivity contribution < 1.29 is 13.9 Å². The molecule has 0 atom stereocenters. The molecule has 0 saturated heterocycles. The van der Waals surface area contributed by atoms with Gasteiger partial charge in [0.15, 0.2) is 5.82 Å². The molecule has 8 nitrogen and oxygen atoms in total. The largest absolute Gasteiger partial charge is 0.497 e. The monoisotopic (exact) mass is 373 g/mol. The third-order valence-corrected chi connectivity index (χ3v) is 4.69. The van der Waals surface area contributed by atoms with Gasteiger partial charge < -0.3 is 20.3 Å². The van der Waals surface area contributed by atoms with Gasteiger partial charge in [0.05, 0.1) is 24.7 Å². The Kier molecular flexibility index (Phi) is 5.47. The Morgan fingerprint density at radius 1 is 1.31 bits per heavy atom. The van der Waals surface area contributed by atoms with E-state index in [1.54, 1.807) is 19.4 Å². The van der Waals surface area contributed by atoms with Crippen LogP contribution in [0.4, 0.5) is 0 Å². The summed E-state index contributed by atoms with van der Waals surface area (Å²) < 4.78 is 11.7. The summed E-state index contributed by atoms with van der Waals surface area (Å²) in [5.41, 5.74) is 1.76. The molecule has 0 unspecified atom stereocenters. The van der Waals surface area contributed by atoms with Crippen molar-refractivity contribution in [2.75, 3.05) is 18.7 Å². The van der Waals surface area contributed by atoms with Crippen LogP contribution in [0.3, 0.4) is 0 Å². The number of hydrogen-bond acceptors (Lipinski definition) is 7. The number of methoxy groups -OCH3 is 1. The second-order valence-corrected chi connectivity index (χ2v) is 6.42. The van der Waals surface area contributed by atoms with Crippen LogP contribution in [0.25, 0.3) is 11.4 Å². The molecule has 2 heterocycles. The number of benzene rings is 1. The highest BCUT2D eigenvalue weighted by Gasteiger charge is 2.16. The van der Waals surface area contributed by atoms with Crippen molar-refractivity contribution >= 4 is 17.7 Å². The summed E-state index contributed by atoms with van der Waals surface area (Å²) in [6.07, 6.45) is 1.57. The molecule has 0 bridgehead atoms. The fourth-order valence-electron chi connectivity index (χ4n) is 2.30. The molecule has 0 spiro atoms. The minimum Gasteiger partial charge on any atom is -0.497 e. The highest BCUT2D eigenvalue weighted by atomic mass is 32.2. The Morgan fingerprint density at radius 2 is 2.08 bits per heavy atom. The van der Waals surface area contributed by atoms with Crippen molar-refractivity contribution in [2.45, 2.75) is 18.6 Å². The molecule has 3 N–H and O–H groups in total. The Labute approximate surface area is 154 Å². The van der Waals surface area contributed by atoms with Crippen molar-refractivity contribution in [1.82, 2.24) is 20.2 Å². The molecule has 0 radical (unpaired) electrons. The lowest BCUT2D eigenvalue weighted by Crippen LogP contribution is -2.25. The topological polar surface area (TPSA) is 108 Å². The molecule has 0 saturated carbocycles. The molecule has 3 rings (SSSR count). The number of aromatic nitrogens is 3. The maximum Gasteiger partial charge on any atom is 0.230 e. The van der Waals surface area contributed by atoms with Gasteiger partial charge in [-0.25, -0.2) is 4.68 Å². The summed E-state index contributed by atoms with van der Waals surface area (Å²) in [6, 6.07) is 9.29. The first-order valence-electron chi connectivity index (χ1n) is 7.86. The van der Waals surface area contributed by atoms with E-state index < -0.39 is 0 Å². The first kappa shape index (κ1) is 17.9. The Balaban J connectivity index is 1.53. The van der Waals surface area contributed by atoms with Gasteiger partial charge in [0, 0.05) is 6.54 Å². The van der Waals surface area contributed by atoms with Gasteiger partial charge in [0.2, 0.25) is 11.1 Å². The maximum atomic E-state index is 12.0. The molecule has 26 heavy (non-hydrogen) atoms. The summed E-state index contributed by atoms with van der Waals surface area (Å²) in [4.78, 5) is 12.0. The van der Waals surface area contributed by atoms with Gasteiger partial charge in [0.25, 0.3) is 0 Å². The molecule has 0 aliphatic rings. The quantitative estimate of drug-likeness (QED) is 0.481. The average Bonchev–Trinajstić information content (AvgIpc) is 3.23. The number of aryl methyl sites for hydroxylation is 1. The highest BCUT2D eigenvalue weighted by Crippen LogP contribution is 2.24. The van der Waals surface area contributed by atoms with Crippen molar-refractivity contribution in [3.8, 4) is 17.1 Å². The third kappa shape index (κ3) is 3.99. The fraction of sp³-hybridized carbons (Fsp3) is 0.235. The van der Waals surface area contributed by atoms with E-state index in [1.165, 1.54) is 16.4 Å². The van der Waals surface area contributed by atoms with E-state index in [0.29, 0.717) is 23.3 Å². The second kappa shape index (κ2) is 7.96.